The number of aromatic nitrogens is 1. The molecule has 5 nitrogen and oxygen atoms in total. The minimum atomic E-state index is -3.29. The highest BCUT2D eigenvalue weighted by molar-refractivity contribution is 9.10. The van der Waals surface area contributed by atoms with Crippen molar-refractivity contribution in [3.8, 4) is 34.3 Å². The summed E-state index contributed by atoms with van der Waals surface area (Å²) in [5, 5.41) is 9.64. The molecule has 0 saturated heterocycles. The first-order valence-corrected chi connectivity index (χ1v) is 12.2. The second-order valence-electron chi connectivity index (χ2n) is 6.85. The second-order valence-corrected chi connectivity index (χ2v) is 9.79. The lowest BCUT2D eigenvalue weighted by Crippen LogP contribution is -2.03. The Morgan fingerprint density at radius 1 is 1.07 bits per heavy atom. The minimum Gasteiger partial charge on any atom is -0.477 e. The van der Waals surface area contributed by atoms with Gasteiger partial charge in [-0.1, -0.05) is 53.5 Å². The molecule has 3 aromatic rings. The van der Waals surface area contributed by atoms with Crippen molar-refractivity contribution in [2.45, 2.75) is 24.7 Å². The molecule has 154 valence electrons. The predicted molar refractivity (Wildman–Crippen MR) is 121 cm³/mol. The van der Waals surface area contributed by atoms with Gasteiger partial charge in [0.2, 0.25) is 5.88 Å². The Balaban J connectivity index is 2.17. The van der Waals surface area contributed by atoms with E-state index in [0.29, 0.717) is 23.7 Å². The first kappa shape index (κ1) is 22.0. The normalized spacial score (nSPS) is 11.1. The van der Waals surface area contributed by atoms with Gasteiger partial charge in [0.05, 0.1) is 17.2 Å². The molecule has 0 aliphatic heterocycles. The van der Waals surface area contributed by atoms with Crippen LogP contribution in [0, 0.1) is 11.3 Å². The molecule has 0 atom stereocenters. The Labute approximate surface area is 185 Å². The monoisotopic (exact) mass is 484 g/mol. The standard InChI is InChI=1S/C23H21BrN2O3S/c1-3-4-13-29-23-18(15-25)14-21(16-7-11-20(12-8-16)30(2,27)28)22(26-23)17-5-9-19(24)10-6-17/h5-12,14H,3-4,13H2,1-2H3. The van der Waals surface area contributed by atoms with Crippen LogP contribution >= 0.6 is 15.9 Å². The van der Waals surface area contributed by atoms with Crippen LogP contribution in [0.4, 0.5) is 0 Å². The molecule has 0 aliphatic carbocycles. The highest BCUT2D eigenvalue weighted by Crippen LogP contribution is 2.35. The number of nitrogens with zero attached hydrogens (tertiary/aromatic N) is 2. The van der Waals surface area contributed by atoms with E-state index in [1.54, 1.807) is 30.3 Å². The molecule has 0 N–H and O–H groups in total. The van der Waals surface area contributed by atoms with Crippen LogP contribution < -0.4 is 4.74 Å². The highest BCUT2D eigenvalue weighted by Gasteiger charge is 2.17. The van der Waals surface area contributed by atoms with Crippen molar-refractivity contribution in [3.05, 3.63) is 64.6 Å². The fraction of sp³-hybridized carbons (Fsp3) is 0.217. The second kappa shape index (κ2) is 9.41. The molecule has 0 spiro atoms. The van der Waals surface area contributed by atoms with Crippen molar-refractivity contribution >= 4 is 25.8 Å². The molecule has 0 radical (unpaired) electrons. The van der Waals surface area contributed by atoms with Crippen molar-refractivity contribution in [2.75, 3.05) is 12.9 Å². The van der Waals surface area contributed by atoms with E-state index in [-0.39, 0.29) is 4.90 Å². The number of rotatable bonds is 7. The van der Waals surface area contributed by atoms with Gasteiger partial charge in [0, 0.05) is 21.9 Å². The number of hydrogen-bond donors (Lipinski definition) is 0. The van der Waals surface area contributed by atoms with E-state index >= 15 is 0 Å². The van der Waals surface area contributed by atoms with Gasteiger partial charge in [0.25, 0.3) is 0 Å². The molecular weight excluding hydrogens is 464 g/mol. The summed E-state index contributed by atoms with van der Waals surface area (Å²) in [6, 6.07) is 18.2. The summed E-state index contributed by atoms with van der Waals surface area (Å²) in [5.74, 6) is 0.306. The molecule has 0 fully saturated rings. The van der Waals surface area contributed by atoms with Gasteiger partial charge < -0.3 is 4.74 Å². The first-order chi connectivity index (χ1) is 14.3. The van der Waals surface area contributed by atoms with Gasteiger partial charge in [-0.15, -0.1) is 0 Å². The average molecular weight is 485 g/mol. The van der Waals surface area contributed by atoms with Crippen molar-refractivity contribution < 1.29 is 13.2 Å². The molecule has 1 aromatic heterocycles. The zero-order chi connectivity index (χ0) is 21.7. The van der Waals surface area contributed by atoms with E-state index in [4.69, 9.17) is 4.74 Å². The lowest BCUT2D eigenvalue weighted by atomic mass is 9.98. The zero-order valence-corrected chi connectivity index (χ0v) is 19.1. The zero-order valence-electron chi connectivity index (χ0n) is 16.7. The molecule has 0 aliphatic rings. The van der Waals surface area contributed by atoms with Crippen molar-refractivity contribution in [1.29, 1.82) is 5.26 Å². The summed E-state index contributed by atoms with van der Waals surface area (Å²) in [6.45, 7) is 2.55. The maximum Gasteiger partial charge on any atom is 0.232 e. The molecule has 30 heavy (non-hydrogen) atoms. The van der Waals surface area contributed by atoms with Crippen molar-refractivity contribution in [1.82, 2.24) is 4.98 Å². The van der Waals surface area contributed by atoms with Gasteiger partial charge in [-0.05, 0) is 42.3 Å². The van der Waals surface area contributed by atoms with Crippen LogP contribution in [-0.4, -0.2) is 26.3 Å². The Morgan fingerprint density at radius 2 is 1.70 bits per heavy atom. The minimum absolute atomic E-state index is 0.240. The number of benzene rings is 2. The summed E-state index contributed by atoms with van der Waals surface area (Å²) in [5.41, 5.74) is 3.38. The SMILES string of the molecule is CCCCOc1nc(-c2ccc(Br)cc2)c(-c2ccc(S(C)(=O)=O)cc2)cc1C#N. The van der Waals surface area contributed by atoms with E-state index in [1.807, 2.05) is 24.3 Å². The molecule has 3 rings (SSSR count). The molecule has 1 heterocycles. The lowest BCUT2D eigenvalue weighted by Gasteiger charge is -2.14. The maximum atomic E-state index is 11.8. The Bertz CT molecular complexity index is 1180. The summed E-state index contributed by atoms with van der Waals surface area (Å²) in [6.07, 6.45) is 3.02. The molecule has 0 unspecified atom stereocenters. The summed E-state index contributed by atoms with van der Waals surface area (Å²) in [7, 11) is -3.29. The highest BCUT2D eigenvalue weighted by atomic mass is 79.9. The quantitative estimate of drug-likeness (QED) is 0.405. The number of ether oxygens (including phenoxy) is 1. The largest absolute Gasteiger partial charge is 0.477 e. The summed E-state index contributed by atoms with van der Waals surface area (Å²) in [4.78, 5) is 4.92. The van der Waals surface area contributed by atoms with E-state index < -0.39 is 9.84 Å². The number of halogens is 1. The fourth-order valence-electron chi connectivity index (χ4n) is 2.93. The predicted octanol–water partition coefficient (Wildman–Crippen LogP) is 5.63. The van der Waals surface area contributed by atoms with Crippen LogP contribution in [0.1, 0.15) is 25.3 Å². The third-order valence-electron chi connectivity index (χ3n) is 4.56. The van der Waals surface area contributed by atoms with Gasteiger partial charge >= 0.3 is 0 Å². The number of unbranched alkanes of at least 4 members (excludes halogenated alkanes) is 1. The molecule has 2 aromatic carbocycles. The topological polar surface area (TPSA) is 80.0 Å². The van der Waals surface area contributed by atoms with Crippen molar-refractivity contribution in [2.24, 2.45) is 0 Å². The number of hydrogen-bond acceptors (Lipinski definition) is 5. The van der Waals surface area contributed by atoms with E-state index in [2.05, 4.69) is 33.9 Å². The molecule has 7 heteroatoms. The van der Waals surface area contributed by atoms with Crippen LogP contribution in [0.5, 0.6) is 5.88 Å². The van der Waals surface area contributed by atoms with E-state index in [0.717, 1.165) is 34.0 Å². The number of nitriles is 1. The molecular formula is C23H21BrN2O3S. The maximum absolute atomic E-state index is 11.8. The first-order valence-electron chi connectivity index (χ1n) is 9.48. The Kier molecular flexibility index (Phi) is 6.91. The third kappa shape index (κ3) is 5.07. The lowest BCUT2D eigenvalue weighted by molar-refractivity contribution is 0.297. The van der Waals surface area contributed by atoms with Gasteiger partial charge in [0.15, 0.2) is 9.84 Å². The third-order valence-corrected chi connectivity index (χ3v) is 6.21. The van der Waals surface area contributed by atoms with Gasteiger partial charge in [-0.25, -0.2) is 13.4 Å². The van der Waals surface area contributed by atoms with Crippen LogP contribution in [0.3, 0.4) is 0 Å². The Morgan fingerprint density at radius 3 is 2.27 bits per heavy atom. The fourth-order valence-corrected chi connectivity index (χ4v) is 3.82. The van der Waals surface area contributed by atoms with Crippen molar-refractivity contribution in [3.63, 3.8) is 0 Å². The average Bonchev–Trinajstić information content (AvgIpc) is 2.73. The van der Waals surface area contributed by atoms with Gasteiger partial charge in [0.1, 0.15) is 11.6 Å². The number of sulfone groups is 1. The molecule has 0 bridgehead atoms. The van der Waals surface area contributed by atoms with Crippen LogP contribution in [0.2, 0.25) is 0 Å². The van der Waals surface area contributed by atoms with Gasteiger partial charge in [-0.2, -0.15) is 5.26 Å². The van der Waals surface area contributed by atoms with E-state index in [1.165, 1.54) is 6.26 Å². The molecule has 0 saturated carbocycles. The number of pyridine rings is 1. The smallest absolute Gasteiger partial charge is 0.232 e. The Hall–Kier alpha value is -2.69. The van der Waals surface area contributed by atoms with Gasteiger partial charge in [-0.3, -0.25) is 0 Å². The van der Waals surface area contributed by atoms with Crippen LogP contribution in [0.25, 0.3) is 22.4 Å². The summed E-state index contributed by atoms with van der Waals surface area (Å²) < 4.78 is 30.3. The summed E-state index contributed by atoms with van der Waals surface area (Å²) >= 11 is 3.44. The molecule has 0 amide bonds. The van der Waals surface area contributed by atoms with Crippen LogP contribution in [-0.2, 0) is 9.84 Å². The van der Waals surface area contributed by atoms with E-state index in [9.17, 15) is 13.7 Å². The van der Waals surface area contributed by atoms with Crippen LogP contribution in [0.15, 0.2) is 64.0 Å².